The highest BCUT2D eigenvalue weighted by Crippen LogP contribution is 2.60. The molecule has 4 bridgehead atoms. The molecular formula is C26H31N3O5. The quantitative estimate of drug-likeness (QED) is 0.497. The van der Waals surface area contributed by atoms with Crippen molar-refractivity contribution in [2.75, 3.05) is 12.3 Å². The SMILES string of the molecule is CCn1c(=O)c(C(=O)COC(=O)C23CC4CC(CC(C4)C2)C3)c(N)n(Cc2ccccc2)c1=O. The van der Waals surface area contributed by atoms with Gasteiger partial charge >= 0.3 is 11.7 Å². The number of benzene rings is 1. The van der Waals surface area contributed by atoms with Gasteiger partial charge in [0.2, 0.25) is 5.78 Å². The third kappa shape index (κ3) is 3.79. The van der Waals surface area contributed by atoms with E-state index < -0.39 is 29.1 Å². The lowest BCUT2D eigenvalue weighted by molar-refractivity contribution is -0.170. The van der Waals surface area contributed by atoms with Gasteiger partial charge in [-0.15, -0.1) is 0 Å². The minimum absolute atomic E-state index is 0.0973. The van der Waals surface area contributed by atoms with Crippen molar-refractivity contribution in [2.24, 2.45) is 23.2 Å². The van der Waals surface area contributed by atoms with Crippen molar-refractivity contribution in [2.45, 2.75) is 58.5 Å². The first-order chi connectivity index (χ1) is 16.3. The van der Waals surface area contributed by atoms with E-state index in [-0.39, 0.29) is 30.4 Å². The molecule has 0 spiro atoms. The Bertz CT molecular complexity index is 1210. The monoisotopic (exact) mass is 465 g/mol. The molecule has 0 aliphatic heterocycles. The van der Waals surface area contributed by atoms with Crippen LogP contribution in [0.1, 0.15) is 61.4 Å². The van der Waals surface area contributed by atoms with Gasteiger partial charge in [-0.2, -0.15) is 0 Å². The van der Waals surface area contributed by atoms with Crippen LogP contribution < -0.4 is 17.0 Å². The number of ether oxygens (including phenoxy) is 1. The Balaban J connectivity index is 1.39. The molecule has 4 saturated carbocycles. The smallest absolute Gasteiger partial charge is 0.332 e. The molecular weight excluding hydrogens is 434 g/mol. The minimum atomic E-state index is -0.745. The Kier molecular flexibility index (Phi) is 5.70. The highest BCUT2D eigenvalue weighted by Gasteiger charge is 2.55. The summed E-state index contributed by atoms with van der Waals surface area (Å²) < 4.78 is 7.76. The lowest BCUT2D eigenvalue weighted by atomic mass is 9.49. The summed E-state index contributed by atoms with van der Waals surface area (Å²) in [4.78, 5) is 52.1. The van der Waals surface area contributed by atoms with Gasteiger partial charge in [0.15, 0.2) is 6.61 Å². The maximum absolute atomic E-state index is 13.1. The van der Waals surface area contributed by atoms with Crippen molar-refractivity contribution in [3.63, 3.8) is 0 Å². The lowest BCUT2D eigenvalue weighted by Crippen LogP contribution is -2.51. The number of esters is 1. The number of anilines is 1. The van der Waals surface area contributed by atoms with Gasteiger partial charge in [0.1, 0.15) is 11.4 Å². The molecule has 8 heteroatoms. The fraction of sp³-hybridized carbons (Fsp3) is 0.538. The summed E-state index contributed by atoms with van der Waals surface area (Å²) >= 11 is 0. The van der Waals surface area contributed by atoms with Crippen LogP contribution in [-0.2, 0) is 22.6 Å². The standard InChI is InChI=1S/C26H31N3O5/c1-2-28-23(31)21(22(27)29(25(28)33)14-16-6-4-3-5-7-16)20(30)15-34-24(32)26-11-17-8-18(12-26)10-19(9-17)13-26/h3-7,17-19H,2,8-15,27H2,1H3. The van der Waals surface area contributed by atoms with Gasteiger partial charge in [-0.05, 0) is 68.8 Å². The molecule has 180 valence electrons. The number of carbonyl (C=O) groups is 2. The van der Waals surface area contributed by atoms with Crippen LogP contribution in [-0.4, -0.2) is 27.5 Å². The van der Waals surface area contributed by atoms with E-state index in [9.17, 15) is 19.2 Å². The number of nitrogen functional groups attached to an aromatic ring is 1. The molecule has 0 amide bonds. The number of hydrogen-bond acceptors (Lipinski definition) is 6. The first-order valence-corrected chi connectivity index (χ1v) is 12.2. The molecule has 4 aliphatic carbocycles. The van der Waals surface area contributed by atoms with E-state index in [0.717, 1.165) is 29.4 Å². The summed E-state index contributed by atoms with van der Waals surface area (Å²) in [6.45, 7) is 1.33. The average Bonchev–Trinajstić information content (AvgIpc) is 2.80. The molecule has 2 aromatic rings. The van der Waals surface area contributed by atoms with Gasteiger partial charge < -0.3 is 10.5 Å². The number of carbonyl (C=O) groups excluding carboxylic acids is 2. The third-order valence-electron chi connectivity index (χ3n) is 8.05. The number of Topliss-reactive ketones (excluding diaryl/α,β-unsaturated/α-hetero) is 1. The summed E-state index contributed by atoms with van der Waals surface area (Å²) in [5.74, 6) is 0.520. The van der Waals surface area contributed by atoms with Gasteiger partial charge in [0, 0.05) is 6.54 Å². The van der Waals surface area contributed by atoms with E-state index in [1.807, 2.05) is 30.3 Å². The number of hydrogen-bond donors (Lipinski definition) is 1. The van der Waals surface area contributed by atoms with E-state index in [1.54, 1.807) is 6.92 Å². The maximum Gasteiger partial charge on any atom is 0.332 e. The summed E-state index contributed by atoms with van der Waals surface area (Å²) in [5, 5.41) is 0. The van der Waals surface area contributed by atoms with E-state index in [0.29, 0.717) is 17.8 Å². The summed E-state index contributed by atoms with van der Waals surface area (Å²) in [6.07, 6.45) is 6.08. The Morgan fingerprint density at radius 1 is 1.00 bits per heavy atom. The number of ketones is 1. The molecule has 2 N–H and O–H groups in total. The molecule has 0 radical (unpaired) electrons. The van der Waals surface area contributed by atoms with Crippen molar-refractivity contribution in [3.8, 4) is 0 Å². The van der Waals surface area contributed by atoms with Crippen molar-refractivity contribution < 1.29 is 14.3 Å². The highest BCUT2D eigenvalue weighted by atomic mass is 16.5. The maximum atomic E-state index is 13.1. The predicted octanol–water partition coefficient (Wildman–Crippen LogP) is 2.60. The topological polar surface area (TPSA) is 113 Å². The molecule has 1 aromatic carbocycles. The Morgan fingerprint density at radius 3 is 2.15 bits per heavy atom. The average molecular weight is 466 g/mol. The first kappa shape index (κ1) is 22.6. The fourth-order valence-electron chi connectivity index (χ4n) is 6.89. The molecule has 1 heterocycles. The second kappa shape index (κ2) is 8.56. The lowest BCUT2D eigenvalue weighted by Gasteiger charge is -2.55. The predicted molar refractivity (Wildman–Crippen MR) is 126 cm³/mol. The van der Waals surface area contributed by atoms with Crippen molar-refractivity contribution in [1.82, 2.24) is 9.13 Å². The molecule has 6 rings (SSSR count). The Labute approximate surface area is 197 Å². The molecule has 0 unspecified atom stereocenters. The van der Waals surface area contributed by atoms with Crippen LogP contribution in [0.25, 0.3) is 0 Å². The molecule has 0 saturated heterocycles. The Morgan fingerprint density at radius 2 is 1.59 bits per heavy atom. The van der Waals surface area contributed by atoms with Gasteiger partial charge in [-0.1, -0.05) is 30.3 Å². The second-order valence-corrected chi connectivity index (χ2v) is 10.4. The molecule has 4 aliphatic rings. The molecule has 1 aromatic heterocycles. The summed E-state index contributed by atoms with van der Waals surface area (Å²) in [6, 6.07) is 9.20. The molecule has 0 atom stereocenters. The molecule has 34 heavy (non-hydrogen) atoms. The number of rotatable bonds is 7. The van der Waals surface area contributed by atoms with E-state index in [2.05, 4.69) is 0 Å². The van der Waals surface area contributed by atoms with Gasteiger partial charge in [-0.25, -0.2) is 4.79 Å². The van der Waals surface area contributed by atoms with E-state index >= 15 is 0 Å². The van der Waals surface area contributed by atoms with E-state index in [4.69, 9.17) is 10.5 Å². The van der Waals surface area contributed by atoms with Crippen LogP contribution in [0.2, 0.25) is 0 Å². The zero-order valence-corrected chi connectivity index (χ0v) is 19.5. The van der Waals surface area contributed by atoms with Crippen LogP contribution in [0, 0.1) is 23.2 Å². The van der Waals surface area contributed by atoms with Crippen LogP contribution in [0.5, 0.6) is 0 Å². The number of nitrogens with two attached hydrogens (primary N) is 1. The number of aromatic nitrogens is 2. The van der Waals surface area contributed by atoms with E-state index in [1.165, 1.54) is 23.8 Å². The molecule has 8 nitrogen and oxygen atoms in total. The van der Waals surface area contributed by atoms with Crippen LogP contribution in [0.3, 0.4) is 0 Å². The highest BCUT2D eigenvalue weighted by molar-refractivity contribution is 6.01. The van der Waals surface area contributed by atoms with Gasteiger partial charge in [-0.3, -0.25) is 23.5 Å². The van der Waals surface area contributed by atoms with Crippen molar-refractivity contribution in [3.05, 3.63) is 62.3 Å². The normalized spacial score (nSPS) is 27.0. The third-order valence-corrected chi connectivity index (χ3v) is 8.05. The summed E-state index contributed by atoms with van der Waals surface area (Å²) in [5.41, 5.74) is 4.90. The van der Waals surface area contributed by atoms with Crippen LogP contribution in [0.15, 0.2) is 39.9 Å². The Hall–Kier alpha value is -3.16. The van der Waals surface area contributed by atoms with Crippen molar-refractivity contribution in [1.29, 1.82) is 0 Å². The van der Waals surface area contributed by atoms with Gasteiger partial charge in [0.05, 0.1) is 12.0 Å². The zero-order valence-electron chi connectivity index (χ0n) is 19.5. The first-order valence-electron chi connectivity index (χ1n) is 12.2. The van der Waals surface area contributed by atoms with Crippen LogP contribution >= 0.6 is 0 Å². The minimum Gasteiger partial charge on any atom is -0.457 e. The largest absolute Gasteiger partial charge is 0.457 e. The number of nitrogens with zero attached hydrogens (tertiary/aromatic N) is 2. The summed E-state index contributed by atoms with van der Waals surface area (Å²) in [7, 11) is 0. The zero-order chi connectivity index (χ0) is 24.0. The fourth-order valence-corrected chi connectivity index (χ4v) is 6.89. The van der Waals surface area contributed by atoms with Gasteiger partial charge in [0.25, 0.3) is 5.56 Å². The van der Waals surface area contributed by atoms with Crippen molar-refractivity contribution >= 4 is 17.6 Å². The molecule has 4 fully saturated rings. The van der Waals surface area contributed by atoms with Crippen LogP contribution in [0.4, 0.5) is 5.82 Å². The second-order valence-electron chi connectivity index (χ2n) is 10.4.